The van der Waals surface area contributed by atoms with Crippen LogP contribution in [0.4, 0.5) is 5.82 Å². The van der Waals surface area contributed by atoms with E-state index < -0.39 is 0 Å². The SMILES string of the molecule is Cc1cc(NC(=O)C2CCOC2)n(Cc2ccccc2)n1. The van der Waals surface area contributed by atoms with E-state index >= 15 is 0 Å². The average molecular weight is 285 g/mol. The van der Waals surface area contributed by atoms with Gasteiger partial charge in [-0.3, -0.25) is 4.79 Å². The van der Waals surface area contributed by atoms with Crippen LogP contribution in [0.1, 0.15) is 17.7 Å². The van der Waals surface area contributed by atoms with Crippen molar-refractivity contribution >= 4 is 11.7 Å². The summed E-state index contributed by atoms with van der Waals surface area (Å²) in [6.07, 6.45) is 0.789. The number of aryl methyl sites for hydroxylation is 1. The standard InChI is InChI=1S/C16H19N3O2/c1-12-9-15(17-16(20)14-7-8-21-11-14)19(18-12)10-13-5-3-2-4-6-13/h2-6,9,14H,7-8,10-11H2,1H3,(H,17,20). The molecular formula is C16H19N3O2. The predicted molar refractivity (Wildman–Crippen MR) is 80.1 cm³/mol. The minimum absolute atomic E-state index is 0.0155. The maximum absolute atomic E-state index is 12.2. The average Bonchev–Trinajstić information content (AvgIpc) is 3.11. The van der Waals surface area contributed by atoms with Crippen molar-refractivity contribution in [3.63, 3.8) is 0 Å². The van der Waals surface area contributed by atoms with Crippen LogP contribution in [0, 0.1) is 12.8 Å². The van der Waals surface area contributed by atoms with Crippen LogP contribution in [0.3, 0.4) is 0 Å². The van der Waals surface area contributed by atoms with Gasteiger partial charge in [0.25, 0.3) is 0 Å². The molecule has 0 aliphatic carbocycles. The lowest BCUT2D eigenvalue weighted by Crippen LogP contribution is -2.24. The lowest BCUT2D eigenvalue weighted by molar-refractivity contribution is -0.119. The van der Waals surface area contributed by atoms with Crippen molar-refractivity contribution < 1.29 is 9.53 Å². The number of carbonyl (C=O) groups is 1. The Morgan fingerprint density at radius 2 is 2.24 bits per heavy atom. The van der Waals surface area contributed by atoms with E-state index in [1.807, 2.05) is 48.0 Å². The third-order valence-electron chi connectivity index (χ3n) is 3.63. The summed E-state index contributed by atoms with van der Waals surface area (Å²) in [5.74, 6) is 0.709. The molecule has 3 rings (SSSR count). The molecule has 0 saturated carbocycles. The lowest BCUT2D eigenvalue weighted by Gasteiger charge is -2.11. The van der Waals surface area contributed by atoms with Gasteiger partial charge in [0.2, 0.25) is 5.91 Å². The second kappa shape index (κ2) is 6.10. The van der Waals surface area contributed by atoms with Crippen LogP contribution in [0.2, 0.25) is 0 Å². The van der Waals surface area contributed by atoms with Crippen molar-refractivity contribution in [1.29, 1.82) is 0 Å². The summed E-state index contributed by atoms with van der Waals surface area (Å²) in [5, 5.41) is 7.43. The van der Waals surface area contributed by atoms with E-state index in [1.165, 1.54) is 0 Å². The summed E-state index contributed by atoms with van der Waals surface area (Å²) >= 11 is 0. The number of ether oxygens (including phenoxy) is 1. The van der Waals surface area contributed by atoms with Crippen molar-refractivity contribution in [3.8, 4) is 0 Å². The molecule has 0 radical (unpaired) electrons. The first kappa shape index (κ1) is 13.8. The van der Waals surface area contributed by atoms with Crippen LogP contribution >= 0.6 is 0 Å². The van der Waals surface area contributed by atoms with Crippen molar-refractivity contribution in [1.82, 2.24) is 9.78 Å². The Labute approximate surface area is 123 Å². The molecule has 1 aliphatic rings. The quantitative estimate of drug-likeness (QED) is 0.937. The minimum atomic E-state index is -0.0506. The van der Waals surface area contributed by atoms with Gasteiger partial charge in [-0.15, -0.1) is 0 Å². The zero-order chi connectivity index (χ0) is 14.7. The van der Waals surface area contributed by atoms with Crippen LogP contribution in [-0.2, 0) is 16.1 Å². The molecule has 1 amide bonds. The summed E-state index contributed by atoms with van der Waals surface area (Å²) in [7, 11) is 0. The number of hydrogen-bond donors (Lipinski definition) is 1. The van der Waals surface area contributed by atoms with E-state index in [0.29, 0.717) is 19.8 Å². The number of benzene rings is 1. The van der Waals surface area contributed by atoms with Crippen LogP contribution in [0.15, 0.2) is 36.4 Å². The van der Waals surface area contributed by atoms with Gasteiger partial charge in [-0.05, 0) is 18.9 Å². The molecule has 1 saturated heterocycles. The molecule has 1 unspecified atom stereocenters. The third kappa shape index (κ3) is 3.31. The van der Waals surface area contributed by atoms with Crippen LogP contribution in [0.25, 0.3) is 0 Å². The molecule has 1 aliphatic heterocycles. The van der Waals surface area contributed by atoms with E-state index in [-0.39, 0.29) is 11.8 Å². The van der Waals surface area contributed by atoms with Gasteiger partial charge >= 0.3 is 0 Å². The number of aromatic nitrogens is 2. The molecule has 2 aromatic rings. The fourth-order valence-electron chi connectivity index (χ4n) is 2.49. The zero-order valence-electron chi connectivity index (χ0n) is 12.1. The molecule has 5 heteroatoms. The number of nitrogens with one attached hydrogen (secondary N) is 1. The van der Waals surface area contributed by atoms with Crippen molar-refractivity contribution in [3.05, 3.63) is 47.7 Å². The Bertz CT molecular complexity index is 616. The van der Waals surface area contributed by atoms with Gasteiger partial charge in [0.15, 0.2) is 0 Å². The lowest BCUT2D eigenvalue weighted by atomic mass is 10.1. The van der Waals surface area contributed by atoms with Crippen molar-refractivity contribution in [2.24, 2.45) is 5.92 Å². The summed E-state index contributed by atoms with van der Waals surface area (Å²) in [6.45, 7) is 3.75. The third-order valence-corrected chi connectivity index (χ3v) is 3.63. The summed E-state index contributed by atoms with van der Waals surface area (Å²) in [5.41, 5.74) is 2.05. The molecule has 2 heterocycles. The highest BCUT2D eigenvalue weighted by atomic mass is 16.5. The van der Waals surface area contributed by atoms with Crippen molar-refractivity contribution in [2.75, 3.05) is 18.5 Å². The number of carbonyl (C=O) groups excluding carboxylic acids is 1. The second-order valence-electron chi connectivity index (χ2n) is 5.36. The first-order chi connectivity index (χ1) is 10.2. The normalized spacial score (nSPS) is 17.9. The number of anilines is 1. The van der Waals surface area contributed by atoms with Gasteiger partial charge in [0.1, 0.15) is 5.82 Å². The zero-order valence-corrected chi connectivity index (χ0v) is 12.1. The first-order valence-corrected chi connectivity index (χ1v) is 7.19. The Morgan fingerprint density at radius 3 is 2.95 bits per heavy atom. The molecular weight excluding hydrogens is 266 g/mol. The van der Waals surface area contributed by atoms with E-state index in [2.05, 4.69) is 10.4 Å². The smallest absolute Gasteiger partial charge is 0.231 e. The van der Waals surface area contributed by atoms with E-state index in [1.54, 1.807) is 0 Å². The highest BCUT2D eigenvalue weighted by Gasteiger charge is 2.24. The molecule has 21 heavy (non-hydrogen) atoms. The van der Waals surface area contributed by atoms with Gasteiger partial charge in [-0.2, -0.15) is 5.10 Å². The van der Waals surface area contributed by atoms with E-state index in [0.717, 1.165) is 23.5 Å². The predicted octanol–water partition coefficient (Wildman–Crippen LogP) is 2.21. The summed E-state index contributed by atoms with van der Waals surface area (Å²) < 4.78 is 7.10. The Kier molecular flexibility index (Phi) is 4.01. The highest BCUT2D eigenvalue weighted by molar-refractivity contribution is 5.92. The highest BCUT2D eigenvalue weighted by Crippen LogP contribution is 2.17. The molecule has 1 aromatic heterocycles. The molecule has 110 valence electrons. The second-order valence-corrected chi connectivity index (χ2v) is 5.36. The Balaban J connectivity index is 1.74. The number of nitrogens with zero attached hydrogens (tertiary/aromatic N) is 2. The largest absolute Gasteiger partial charge is 0.381 e. The number of amides is 1. The van der Waals surface area contributed by atoms with E-state index in [9.17, 15) is 4.79 Å². The van der Waals surface area contributed by atoms with Crippen LogP contribution < -0.4 is 5.32 Å². The molecule has 1 fully saturated rings. The van der Waals surface area contributed by atoms with Gasteiger partial charge in [-0.1, -0.05) is 30.3 Å². The van der Waals surface area contributed by atoms with Gasteiger partial charge in [-0.25, -0.2) is 4.68 Å². The minimum Gasteiger partial charge on any atom is -0.381 e. The molecule has 1 atom stereocenters. The monoisotopic (exact) mass is 285 g/mol. The summed E-state index contributed by atoms with van der Waals surface area (Å²) in [4.78, 5) is 12.2. The van der Waals surface area contributed by atoms with Crippen LogP contribution in [0.5, 0.6) is 0 Å². The van der Waals surface area contributed by atoms with Gasteiger partial charge < -0.3 is 10.1 Å². The molecule has 0 spiro atoms. The van der Waals surface area contributed by atoms with E-state index in [4.69, 9.17) is 4.74 Å². The fraction of sp³-hybridized carbons (Fsp3) is 0.375. The van der Waals surface area contributed by atoms with Crippen molar-refractivity contribution in [2.45, 2.75) is 19.9 Å². The fourth-order valence-corrected chi connectivity index (χ4v) is 2.49. The molecule has 5 nitrogen and oxygen atoms in total. The number of rotatable bonds is 4. The number of hydrogen-bond acceptors (Lipinski definition) is 3. The molecule has 1 aromatic carbocycles. The molecule has 0 bridgehead atoms. The van der Waals surface area contributed by atoms with Gasteiger partial charge in [0.05, 0.1) is 24.8 Å². The first-order valence-electron chi connectivity index (χ1n) is 7.19. The Morgan fingerprint density at radius 1 is 1.43 bits per heavy atom. The Hall–Kier alpha value is -2.14. The van der Waals surface area contributed by atoms with Gasteiger partial charge in [0, 0.05) is 12.7 Å². The van der Waals surface area contributed by atoms with Crippen LogP contribution in [-0.4, -0.2) is 28.9 Å². The summed E-state index contributed by atoms with van der Waals surface area (Å²) in [6, 6.07) is 12.0. The maximum Gasteiger partial charge on any atom is 0.231 e. The topological polar surface area (TPSA) is 56.1 Å². The maximum atomic E-state index is 12.2. The molecule has 1 N–H and O–H groups in total.